The fraction of sp³-hybridized carbons (Fsp3) is 0.100. The highest BCUT2D eigenvalue weighted by molar-refractivity contribution is 14.1. The van der Waals surface area contributed by atoms with E-state index in [1.165, 1.54) is 21.8 Å². The Labute approximate surface area is 167 Å². The van der Waals surface area contributed by atoms with Crippen molar-refractivity contribution in [1.29, 1.82) is 0 Å². The van der Waals surface area contributed by atoms with Crippen molar-refractivity contribution >= 4 is 55.2 Å². The molecule has 3 rings (SSSR count). The quantitative estimate of drug-likeness (QED) is 0.305. The van der Waals surface area contributed by atoms with Gasteiger partial charge < -0.3 is 0 Å². The van der Waals surface area contributed by atoms with Crippen LogP contribution in [0.3, 0.4) is 0 Å². The van der Waals surface area contributed by atoms with E-state index in [0.29, 0.717) is 0 Å². The average Bonchev–Trinajstić information content (AvgIpc) is 2.60. The van der Waals surface area contributed by atoms with E-state index < -0.39 is 10.0 Å². The molecule has 118 valence electrons. The van der Waals surface area contributed by atoms with E-state index in [0.717, 1.165) is 5.75 Å². The smallest absolute Gasteiger partial charge is 0.0131 e. The molecule has 0 heterocycles. The Balaban J connectivity index is 2.27. The fourth-order valence-corrected chi connectivity index (χ4v) is 7.25. The van der Waals surface area contributed by atoms with Gasteiger partial charge in [0.05, 0.1) is 0 Å². The molecular formula is C20H18I2S. The summed E-state index contributed by atoms with van der Waals surface area (Å²) in [6, 6.07) is 29.1. The van der Waals surface area contributed by atoms with Gasteiger partial charge in [0.1, 0.15) is 0 Å². The number of hydrogen-bond donors (Lipinski definition) is 0. The number of benzene rings is 3. The van der Waals surface area contributed by atoms with Crippen molar-refractivity contribution < 1.29 is 0 Å². The van der Waals surface area contributed by atoms with Crippen molar-refractivity contribution in [3.8, 4) is 0 Å². The first-order valence-electron chi connectivity index (χ1n) is 7.54. The lowest BCUT2D eigenvalue weighted by Gasteiger charge is -2.40. The maximum Gasteiger partial charge on any atom is 0.0131 e. The van der Waals surface area contributed by atoms with Crippen LogP contribution in [0.5, 0.6) is 0 Å². The molecule has 0 bridgehead atoms. The Hall–Kier alpha value is -0.530. The second-order valence-electron chi connectivity index (χ2n) is 5.25. The Morgan fingerprint density at radius 1 is 0.609 bits per heavy atom. The van der Waals surface area contributed by atoms with Gasteiger partial charge >= 0.3 is 0 Å². The van der Waals surface area contributed by atoms with Gasteiger partial charge in [-0.15, -0.1) is 0 Å². The lowest BCUT2D eigenvalue weighted by Crippen LogP contribution is -2.06. The van der Waals surface area contributed by atoms with Crippen LogP contribution in [0.2, 0.25) is 0 Å². The molecule has 0 fully saturated rings. The molecule has 0 aliphatic rings. The molecule has 0 aromatic heterocycles. The fourth-order valence-electron chi connectivity index (χ4n) is 2.89. The predicted octanol–water partition coefficient (Wildman–Crippen LogP) is 7.20. The van der Waals surface area contributed by atoms with Gasteiger partial charge in [0.15, 0.2) is 0 Å². The molecule has 23 heavy (non-hydrogen) atoms. The Bertz CT molecular complexity index is 720. The Morgan fingerprint density at radius 3 is 1.39 bits per heavy atom. The zero-order chi connectivity index (χ0) is 16.3. The summed E-state index contributed by atoms with van der Waals surface area (Å²) in [5, 5.41) is 0. The third-order valence-electron chi connectivity index (χ3n) is 4.01. The highest BCUT2D eigenvalue weighted by Gasteiger charge is 2.28. The Kier molecular flexibility index (Phi) is 5.69. The van der Waals surface area contributed by atoms with Crippen molar-refractivity contribution in [1.82, 2.24) is 0 Å². The van der Waals surface area contributed by atoms with E-state index in [9.17, 15) is 0 Å². The molecule has 0 aliphatic heterocycles. The molecule has 0 radical (unpaired) electrons. The summed E-state index contributed by atoms with van der Waals surface area (Å²) in [5.41, 5.74) is 0. The molecular weight excluding hydrogens is 526 g/mol. The third kappa shape index (κ3) is 3.46. The van der Waals surface area contributed by atoms with E-state index in [4.69, 9.17) is 0 Å². The largest absolute Gasteiger partial charge is 0.161 e. The summed E-state index contributed by atoms with van der Waals surface area (Å²) in [5.74, 6) is 1.11. The highest BCUT2D eigenvalue weighted by atomic mass is 127. The Morgan fingerprint density at radius 2 is 1.00 bits per heavy atom. The molecule has 0 aliphatic carbocycles. The maximum atomic E-state index is 2.38. The van der Waals surface area contributed by atoms with Crippen LogP contribution in [0.1, 0.15) is 6.92 Å². The van der Waals surface area contributed by atoms with Gasteiger partial charge in [0, 0.05) is 7.14 Å². The first kappa shape index (κ1) is 17.3. The van der Waals surface area contributed by atoms with Gasteiger partial charge in [0.25, 0.3) is 0 Å². The van der Waals surface area contributed by atoms with Gasteiger partial charge in [-0.25, -0.2) is 0 Å². The molecule has 0 N–H and O–H groups in total. The van der Waals surface area contributed by atoms with Crippen molar-refractivity contribution in [3.05, 3.63) is 86.0 Å². The molecule has 0 atom stereocenters. The second kappa shape index (κ2) is 7.57. The molecule has 0 nitrogen and oxygen atoms in total. The monoisotopic (exact) mass is 544 g/mol. The molecule has 0 spiro atoms. The van der Waals surface area contributed by atoms with Crippen LogP contribution in [-0.4, -0.2) is 5.75 Å². The van der Waals surface area contributed by atoms with Crippen LogP contribution in [0, 0.1) is 7.14 Å². The van der Waals surface area contributed by atoms with Gasteiger partial charge in [-0.3, -0.25) is 0 Å². The topological polar surface area (TPSA) is 0 Å². The summed E-state index contributed by atoms with van der Waals surface area (Å²) < 4.78 is 2.57. The minimum absolute atomic E-state index is 1.11. The molecule has 3 aromatic rings. The number of rotatable bonds is 4. The zero-order valence-electron chi connectivity index (χ0n) is 12.9. The number of halogens is 2. The summed E-state index contributed by atoms with van der Waals surface area (Å²) in [6.45, 7) is 2.32. The van der Waals surface area contributed by atoms with Crippen LogP contribution in [0.15, 0.2) is 93.5 Å². The second-order valence-corrected chi connectivity index (χ2v) is 11.2. The van der Waals surface area contributed by atoms with E-state index in [1.54, 1.807) is 0 Å². The number of hydrogen-bond acceptors (Lipinski definition) is 0. The summed E-state index contributed by atoms with van der Waals surface area (Å²) >= 11 is 4.76. The summed E-state index contributed by atoms with van der Waals surface area (Å²) in [7, 11) is -1.21. The maximum absolute atomic E-state index is 2.38. The average molecular weight is 544 g/mol. The third-order valence-corrected chi connectivity index (χ3v) is 9.55. The lowest BCUT2D eigenvalue weighted by atomic mass is 10.4. The molecule has 0 saturated heterocycles. The van der Waals surface area contributed by atoms with E-state index in [1.807, 2.05) is 0 Å². The van der Waals surface area contributed by atoms with Gasteiger partial charge in [-0.1, -0.05) is 25.1 Å². The van der Waals surface area contributed by atoms with Gasteiger partial charge in [0.2, 0.25) is 0 Å². The molecule has 3 aromatic carbocycles. The van der Waals surface area contributed by atoms with Crippen molar-refractivity contribution in [3.63, 3.8) is 0 Å². The van der Waals surface area contributed by atoms with E-state index >= 15 is 0 Å². The van der Waals surface area contributed by atoms with E-state index in [2.05, 4.69) is 131 Å². The molecule has 3 heteroatoms. The van der Waals surface area contributed by atoms with Crippen LogP contribution in [0.4, 0.5) is 0 Å². The highest BCUT2D eigenvalue weighted by Crippen LogP contribution is 2.67. The molecule has 0 amide bonds. The van der Waals surface area contributed by atoms with Crippen LogP contribution in [-0.2, 0) is 0 Å². The first-order chi connectivity index (χ1) is 11.2. The predicted molar refractivity (Wildman–Crippen MR) is 118 cm³/mol. The molecule has 0 unspecified atom stereocenters. The first-order valence-corrected chi connectivity index (χ1v) is 11.5. The van der Waals surface area contributed by atoms with Crippen LogP contribution >= 0.6 is 55.2 Å². The van der Waals surface area contributed by atoms with Crippen LogP contribution < -0.4 is 0 Å². The van der Waals surface area contributed by atoms with Crippen molar-refractivity contribution in [2.75, 3.05) is 5.75 Å². The minimum Gasteiger partial charge on any atom is -0.161 e. The molecule has 0 saturated carbocycles. The standard InChI is InChI=1S/C20H18I2S/c1-2-23(18-6-4-3-5-7-18,19-12-8-16(21)9-13-19)20-14-10-17(22)11-15-20/h3-15H,2H2,1H3. The van der Waals surface area contributed by atoms with Crippen molar-refractivity contribution in [2.24, 2.45) is 0 Å². The van der Waals surface area contributed by atoms with Gasteiger partial charge in [-0.2, -0.15) is 10.0 Å². The van der Waals surface area contributed by atoms with Gasteiger partial charge in [-0.05, 0) is 126 Å². The van der Waals surface area contributed by atoms with Crippen molar-refractivity contribution in [2.45, 2.75) is 21.6 Å². The SMILES string of the molecule is CCS(c1ccccc1)(c1ccc(I)cc1)c1ccc(I)cc1. The minimum atomic E-state index is -1.21. The summed E-state index contributed by atoms with van der Waals surface area (Å²) in [4.78, 5) is 4.31. The lowest BCUT2D eigenvalue weighted by molar-refractivity contribution is 1.25. The summed E-state index contributed by atoms with van der Waals surface area (Å²) in [6.07, 6.45) is 0. The van der Waals surface area contributed by atoms with E-state index in [-0.39, 0.29) is 0 Å². The van der Waals surface area contributed by atoms with Crippen LogP contribution in [0.25, 0.3) is 0 Å². The normalized spacial score (nSPS) is 12.1. The zero-order valence-corrected chi connectivity index (χ0v) is 18.0.